The van der Waals surface area contributed by atoms with E-state index in [4.69, 9.17) is 4.74 Å². The van der Waals surface area contributed by atoms with Gasteiger partial charge in [0.2, 0.25) is 0 Å². The van der Waals surface area contributed by atoms with Gasteiger partial charge in [-0.2, -0.15) is 0 Å². The molecule has 0 N–H and O–H groups in total. The predicted molar refractivity (Wildman–Crippen MR) is 75.6 cm³/mol. The third-order valence-corrected chi connectivity index (χ3v) is 3.73. The van der Waals surface area contributed by atoms with E-state index in [-0.39, 0.29) is 11.9 Å². The number of esters is 1. The molecule has 1 unspecified atom stereocenters. The van der Waals surface area contributed by atoms with Gasteiger partial charge >= 0.3 is 5.97 Å². The highest BCUT2D eigenvalue weighted by Gasteiger charge is 2.28. The summed E-state index contributed by atoms with van der Waals surface area (Å²) in [6, 6.07) is 9.85. The lowest BCUT2D eigenvalue weighted by Crippen LogP contribution is -2.44. The smallest absolute Gasteiger partial charge is 0.310 e. The monoisotopic (exact) mass is 261 g/mol. The Bertz CT molecular complexity index is 398. The van der Waals surface area contributed by atoms with E-state index < -0.39 is 0 Å². The lowest BCUT2D eigenvalue weighted by atomic mass is 9.94. The molecule has 104 valence electrons. The number of rotatable bonds is 6. The highest BCUT2D eigenvalue weighted by molar-refractivity contribution is 5.73. The molecule has 1 aliphatic rings. The van der Waals surface area contributed by atoms with Crippen LogP contribution < -0.4 is 0 Å². The molecule has 1 fully saturated rings. The summed E-state index contributed by atoms with van der Waals surface area (Å²) in [7, 11) is 0. The van der Waals surface area contributed by atoms with Crippen LogP contribution in [0.2, 0.25) is 0 Å². The molecule has 2 rings (SSSR count). The van der Waals surface area contributed by atoms with Crippen LogP contribution in [0.3, 0.4) is 0 Å². The fourth-order valence-electron chi connectivity index (χ4n) is 2.24. The van der Waals surface area contributed by atoms with Crippen molar-refractivity contribution >= 4 is 5.97 Å². The number of benzene rings is 1. The summed E-state index contributed by atoms with van der Waals surface area (Å²) < 4.78 is 5.46. The average Bonchev–Trinajstić information content (AvgIpc) is 2.35. The minimum absolute atomic E-state index is 0.0102. The summed E-state index contributed by atoms with van der Waals surface area (Å²) in [4.78, 5) is 14.5. The number of ether oxygens (including phenoxy) is 1. The molecule has 0 aromatic heterocycles. The van der Waals surface area contributed by atoms with Crippen LogP contribution in [0.1, 0.15) is 25.8 Å². The van der Waals surface area contributed by atoms with Crippen molar-refractivity contribution in [2.75, 3.05) is 19.6 Å². The van der Waals surface area contributed by atoms with Crippen molar-refractivity contribution in [3.05, 3.63) is 35.9 Å². The number of nitrogens with zero attached hydrogens (tertiary/aromatic N) is 1. The Labute approximate surface area is 115 Å². The summed E-state index contributed by atoms with van der Waals surface area (Å²) >= 11 is 0. The third-order valence-electron chi connectivity index (χ3n) is 3.73. The van der Waals surface area contributed by atoms with E-state index in [1.165, 1.54) is 6.42 Å². The van der Waals surface area contributed by atoms with Gasteiger partial charge in [-0.1, -0.05) is 44.2 Å². The second kappa shape index (κ2) is 6.71. The Balaban J connectivity index is 1.84. The van der Waals surface area contributed by atoms with Crippen molar-refractivity contribution < 1.29 is 9.53 Å². The molecule has 1 aliphatic heterocycles. The Morgan fingerprint density at radius 2 is 1.95 bits per heavy atom. The molecule has 1 aromatic rings. The summed E-state index contributed by atoms with van der Waals surface area (Å²) in [5.41, 5.74) is 1.04. The summed E-state index contributed by atoms with van der Waals surface area (Å²) in [6.07, 6.45) is 1.25. The molecule has 0 amide bonds. The highest BCUT2D eigenvalue weighted by Crippen LogP contribution is 2.18. The third kappa shape index (κ3) is 4.06. The van der Waals surface area contributed by atoms with Gasteiger partial charge in [-0.15, -0.1) is 0 Å². The summed E-state index contributed by atoms with van der Waals surface area (Å²) in [6.45, 7) is 7.64. The van der Waals surface area contributed by atoms with Crippen LogP contribution in [0, 0.1) is 11.8 Å². The first-order chi connectivity index (χ1) is 9.16. The van der Waals surface area contributed by atoms with Gasteiger partial charge in [-0.25, -0.2) is 0 Å². The molecule has 0 saturated carbocycles. The molecule has 0 aliphatic carbocycles. The van der Waals surface area contributed by atoms with Crippen LogP contribution >= 0.6 is 0 Å². The topological polar surface area (TPSA) is 29.5 Å². The van der Waals surface area contributed by atoms with Crippen molar-refractivity contribution in [1.29, 1.82) is 0 Å². The van der Waals surface area contributed by atoms with Gasteiger partial charge in [0, 0.05) is 6.54 Å². The maximum Gasteiger partial charge on any atom is 0.310 e. The van der Waals surface area contributed by atoms with Crippen molar-refractivity contribution in [3.8, 4) is 0 Å². The minimum atomic E-state index is -0.0641. The zero-order valence-electron chi connectivity index (χ0n) is 11.8. The normalized spacial score (nSPS) is 17.0. The van der Waals surface area contributed by atoms with E-state index in [9.17, 15) is 4.79 Å². The van der Waals surface area contributed by atoms with Gasteiger partial charge in [0.05, 0.1) is 5.92 Å². The standard InChI is InChI=1S/C16H23NO2/c1-13(2)15(11-17-9-6-10-17)16(18)19-12-14-7-4-3-5-8-14/h3-5,7-8,13,15H,6,9-12H2,1-2H3. The van der Waals surface area contributed by atoms with Gasteiger partial charge in [-0.3, -0.25) is 4.79 Å². The second-order valence-corrected chi connectivity index (χ2v) is 5.60. The number of likely N-dealkylation sites (tertiary alicyclic amines) is 1. The second-order valence-electron chi connectivity index (χ2n) is 5.60. The zero-order valence-corrected chi connectivity index (χ0v) is 11.8. The van der Waals surface area contributed by atoms with E-state index in [1.54, 1.807) is 0 Å². The van der Waals surface area contributed by atoms with Crippen molar-refractivity contribution in [2.24, 2.45) is 11.8 Å². The molecule has 3 heteroatoms. The van der Waals surface area contributed by atoms with Gasteiger partial charge in [0.25, 0.3) is 0 Å². The van der Waals surface area contributed by atoms with Gasteiger partial charge in [0.1, 0.15) is 6.61 Å². The van der Waals surface area contributed by atoms with Gasteiger partial charge in [0.15, 0.2) is 0 Å². The number of hydrogen-bond acceptors (Lipinski definition) is 3. The minimum Gasteiger partial charge on any atom is -0.461 e. The van der Waals surface area contributed by atoms with Crippen LogP contribution in [-0.2, 0) is 16.1 Å². The zero-order chi connectivity index (χ0) is 13.7. The van der Waals surface area contributed by atoms with Crippen LogP contribution in [0.4, 0.5) is 0 Å². The van der Waals surface area contributed by atoms with Crippen molar-refractivity contribution in [1.82, 2.24) is 4.90 Å². The van der Waals surface area contributed by atoms with E-state index in [2.05, 4.69) is 18.7 Å². The molecule has 1 saturated heterocycles. The Morgan fingerprint density at radius 3 is 2.47 bits per heavy atom. The van der Waals surface area contributed by atoms with E-state index in [0.29, 0.717) is 12.5 Å². The molecule has 3 nitrogen and oxygen atoms in total. The number of carbonyl (C=O) groups excluding carboxylic acids is 1. The van der Waals surface area contributed by atoms with E-state index in [1.807, 2.05) is 30.3 Å². The fraction of sp³-hybridized carbons (Fsp3) is 0.562. The van der Waals surface area contributed by atoms with Gasteiger partial charge in [-0.05, 0) is 31.0 Å². The maximum absolute atomic E-state index is 12.2. The Morgan fingerprint density at radius 1 is 1.26 bits per heavy atom. The molecule has 1 atom stereocenters. The van der Waals surface area contributed by atoms with Crippen molar-refractivity contribution in [2.45, 2.75) is 26.9 Å². The molecular weight excluding hydrogens is 238 g/mol. The van der Waals surface area contributed by atoms with Crippen LogP contribution in [0.15, 0.2) is 30.3 Å². The first-order valence-electron chi connectivity index (χ1n) is 7.09. The molecular formula is C16H23NO2. The van der Waals surface area contributed by atoms with E-state index >= 15 is 0 Å². The molecule has 0 spiro atoms. The molecule has 0 radical (unpaired) electrons. The van der Waals surface area contributed by atoms with Crippen LogP contribution in [-0.4, -0.2) is 30.5 Å². The molecule has 19 heavy (non-hydrogen) atoms. The first-order valence-corrected chi connectivity index (χ1v) is 7.09. The predicted octanol–water partition coefficient (Wildman–Crippen LogP) is 2.71. The Kier molecular flexibility index (Phi) is 4.97. The lowest BCUT2D eigenvalue weighted by molar-refractivity contribution is -0.152. The van der Waals surface area contributed by atoms with Crippen molar-refractivity contribution in [3.63, 3.8) is 0 Å². The quantitative estimate of drug-likeness (QED) is 0.737. The number of hydrogen-bond donors (Lipinski definition) is 0. The van der Waals surface area contributed by atoms with Gasteiger partial charge < -0.3 is 9.64 Å². The average molecular weight is 261 g/mol. The highest BCUT2D eigenvalue weighted by atomic mass is 16.5. The van der Waals surface area contributed by atoms with E-state index in [0.717, 1.165) is 25.2 Å². The largest absolute Gasteiger partial charge is 0.461 e. The first kappa shape index (κ1) is 14.1. The summed E-state index contributed by atoms with van der Waals surface area (Å²) in [5.74, 6) is 0.249. The SMILES string of the molecule is CC(C)C(CN1CCC1)C(=O)OCc1ccccc1. The molecule has 1 heterocycles. The fourth-order valence-corrected chi connectivity index (χ4v) is 2.24. The molecule has 0 bridgehead atoms. The summed E-state index contributed by atoms with van der Waals surface area (Å²) in [5, 5.41) is 0. The Hall–Kier alpha value is -1.35. The molecule has 1 aromatic carbocycles. The van der Waals surface area contributed by atoms with Crippen LogP contribution in [0.5, 0.6) is 0 Å². The number of carbonyl (C=O) groups is 1. The van der Waals surface area contributed by atoms with Crippen LogP contribution in [0.25, 0.3) is 0 Å². The maximum atomic E-state index is 12.2. The lowest BCUT2D eigenvalue weighted by Gasteiger charge is -2.34.